The fourth-order valence-electron chi connectivity index (χ4n) is 1.26. The molecule has 0 aliphatic heterocycles. The number of aromatic nitrogens is 1. The van der Waals surface area contributed by atoms with Crippen LogP contribution in [0.25, 0.3) is 0 Å². The summed E-state index contributed by atoms with van der Waals surface area (Å²) in [7, 11) is 2.69. The Bertz CT molecular complexity index is 594. The summed E-state index contributed by atoms with van der Waals surface area (Å²) in [6.07, 6.45) is 0. The zero-order chi connectivity index (χ0) is 12.3. The third-order valence-electron chi connectivity index (χ3n) is 1.90. The first-order chi connectivity index (χ1) is 8.18. The van der Waals surface area contributed by atoms with Crippen LogP contribution in [0.5, 0.6) is 0 Å². The summed E-state index contributed by atoms with van der Waals surface area (Å²) in [5.41, 5.74) is 3.56. The number of nitrogens with zero attached hydrogens (tertiary/aromatic N) is 2. The smallest absolute Gasteiger partial charge is 0.341 e. The minimum atomic E-state index is -0.164. The summed E-state index contributed by atoms with van der Waals surface area (Å²) in [6, 6.07) is 9.46. The molecule has 0 spiro atoms. The molecule has 0 radical (unpaired) electrons. The van der Waals surface area contributed by atoms with Gasteiger partial charge < -0.3 is 12.4 Å². The summed E-state index contributed by atoms with van der Waals surface area (Å²) < 4.78 is 6.35. The highest BCUT2D eigenvalue weighted by Gasteiger charge is 2.17. The van der Waals surface area contributed by atoms with E-state index in [-0.39, 0.29) is 18.3 Å². The summed E-state index contributed by atoms with van der Waals surface area (Å²) in [4.78, 5) is 11.2. The Balaban J connectivity index is 0.00000162. The number of carbonyl (C=O) groups excluding carboxylic acids is 1. The molecule has 0 aliphatic carbocycles. The first-order valence-corrected chi connectivity index (χ1v) is 7.24. The topological polar surface area (TPSA) is 45.0 Å². The average molecular weight is 322 g/mol. The van der Waals surface area contributed by atoms with E-state index in [9.17, 15) is 4.79 Å². The van der Waals surface area contributed by atoms with Gasteiger partial charge in [-0.25, -0.2) is 0 Å². The van der Waals surface area contributed by atoms with E-state index >= 15 is 0 Å². The molecule has 0 unspecified atom stereocenters. The van der Waals surface area contributed by atoms with Crippen LogP contribution in [0.2, 0.25) is 5.15 Å². The second-order valence-electron chi connectivity index (χ2n) is 3.18. The minimum absolute atomic E-state index is 0. The van der Waals surface area contributed by atoms with Crippen LogP contribution >= 0.6 is 32.5 Å². The Kier molecular flexibility index (Phi) is 5.74. The lowest BCUT2D eigenvalue weighted by Gasteiger charge is -1.99. The third-order valence-corrected chi connectivity index (χ3v) is 4.16. The SMILES string of the molecule is CC(=O)N/[N+](c1ccccc1)=c1/ssnc1Cl.[Cl-]. The number of carbonyl (C=O) groups is 1. The molecule has 0 saturated heterocycles. The van der Waals surface area contributed by atoms with Crippen molar-refractivity contribution in [2.24, 2.45) is 0 Å². The van der Waals surface area contributed by atoms with Gasteiger partial charge in [-0.05, 0) is 0 Å². The van der Waals surface area contributed by atoms with Gasteiger partial charge in [-0.15, -0.1) is 5.43 Å². The Labute approximate surface area is 122 Å². The number of benzene rings is 1. The molecule has 1 heterocycles. The van der Waals surface area contributed by atoms with E-state index in [0.717, 1.165) is 5.69 Å². The maximum Gasteiger partial charge on any atom is 0.341 e. The fourth-order valence-corrected chi connectivity index (χ4v) is 3.49. The highest BCUT2D eigenvalue weighted by Crippen LogP contribution is 2.10. The number of para-hydroxylation sites is 1. The summed E-state index contributed by atoms with van der Waals surface area (Å²) in [5, 5.41) is 0.387. The molecule has 8 heteroatoms. The monoisotopic (exact) mass is 321 g/mol. The minimum Gasteiger partial charge on any atom is -1.00 e. The van der Waals surface area contributed by atoms with Crippen molar-refractivity contribution in [2.45, 2.75) is 6.92 Å². The molecule has 1 N–H and O–H groups in total. The fraction of sp³-hybridized carbons (Fsp3) is 0.100. The second kappa shape index (κ2) is 6.84. The van der Waals surface area contributed by atoms with Gasteiger partial charge >= 0.3 is 4.67 Å². The van der Waals surface area contributed by atoms with Crippen molar-refractivity contribution in [3.63, 3.8) is 0 Å². The molecule has 0 atom stereocenters. The van der Waals surface area contributed by atoms with Crippen LogP contribution in [0.15, 0.2) is 30.3 Å². The second-order valence-corrected chi connectivity index (χ2v) is 5.37. The van der Waals surface area contributed by atoms with Gasteiger partial charge in [0.25, 0.3) is 5.91 Å². The van der Waals surface area contributed by atoms with Gasteiger partial charge in [-0.2, -0.15) is 4.37 Å². The molecule has 0 aliphatic rings. The molecular formula is C10H9Cl2N3OS2. The maximum absolute atomic E-state index is 11.2. The molecular weight excluding hydrogens is 313 g/mol. The van der Waals surface area contributed by atoms with Crippen molar-refractivity contribution in [3.05, 3.63) is 40.2 Å². The molecule has 1 amide bonds. The Morgan fingerprint density at radius 1 is 1.39 bits per heavy atom. The predicted octanol–water partition coefficient (Wildman–Crippen LogP) is -0.983. The molecule has 4 nitrogen and oxygen atoms in total. The van der Waals surface area contributed by atoms with Crippen molar-refractivity contribution in [1.29, 1.82) is 0 Å². The van der Waals surface area contributed by atoms with E-state index in [4.69, 9.17) is 11.6 Å². The number of hydrazine groups is 1. The Morgan fingerprint density at radius 2 is 2.06 bits per heavy atom. The van der Waals surface area contributed by atoms with Gasteiger partial charge in [0.2, 0.25) is 10.8 Å². The van der Waals surface area contributed by atoms with E-state index in [1.807, 2.05) is 30.3 Å². The third kappa shape index (κ3) is 3.52. The highest BCUT2D eigenvalue weighted by molar-refractivity contribution is 7.66. The number of hydrogen-bond donors (Lipinski definition) is 1. The van der Waals surface area contributed by atoms with Crippen LogP contribution in [-0.2, 0) is 4.79 Å². The van der Waals surface area contributed by atoms with Crippen LogP contribution in [0.1, 0.15) is 6.92 Å². The maximum atomic E-state index is 11.2. The van der Waals surface area contributed by atoms with E-state index in [1.165, 1.54) is 27.8 Å². The lowest BCUT2D eigenvalue weighted by atomic mass is 10.3. The number of hydrogen-bond acceptors (Lipinski definition) is 4. The van der Waals surface area contributed by atoms with Crippen LogP contribution in [0.3, 0.4) is 0 Å². The molecule has 96 valence electrons. The van der Waals surface area contributed by atoms with E-state index in [1.54, 1.807) is 4.68 Å². The number of halogens is 2. The lowest BCUT2D eigenvalue weighted by Crippen LogP contribution is -3.00. The van der Waals surface area contributed by atoms with E-state index in [0.29, 0.717) is 9.82 Å². The van der Waals surface area contributed by atoms with Gasteiger partial charge in [-0.1, -0.05) is 34.5 Å². The molecule has 0 fully saturated rings. The van der Waals surface area contributed by atoms with E-state index in [2.05, 4.69) is 9.80 Å². The number of rotatable bonds is 2. The first-order valence-electron chi connectivity index (χ1n) is 4.75. The Hall–Kier alpha value is -0.950. The first kappa shape index (κ1) is 15.1. The quantitative estimate of drug-likeness (QED) is 0.439. The molecule has 2 rings (SSSR count). The number of nitrogens with one attached hydrogen (secondary N) is 1. The zero-order valence-corrected chi connectivity index (χ0v) is 12.4. The zero-order valence-electron chi connectivity index (χ0n) is 9.26. The van der Waals surface area contributed by atoms with Gasteiger partial charge in [0.1, 0.15) is 0 Å². The van der Waals surface area contributed by atoms with Crippen molar-refractivity contribution in [1.82, 2.24) is 14.5 Å². The molecule has 1 aromatic heterocycles. The van der Waals surface area contributed by atoms with Crippen molar-refractivity contribution < 1.29 is 17.2 Å². The van der Waals surface area contributed by atoms with Crippen molar-refractivity contribution in [2.75, 3.05) is 0 Å². The predicted molar refractivity (Wildman–Crippen MR) is 70.2 cm³/mol. The molecule has 0 saturated carbocycles. The molecule has 2 aromatic rings. The van der Waals surface area contributed by atoms with Gasteiger partial charge in [0, 0.05) is 39.9 Å². The lowest BCUT2D eigenvalue weighted by molar-refractivity contribution is -0.120. The van der Waals surface area contributed by atoms with Crippen molar-refractivity contribution in [3.8, 4) is 0 Å². The van der Waals surface area contributed by atoms with Gasteiger partial charge in [-0.3, -0.25) is 4.79 Å². The molecule has 0 bridgehead atoms. The molecule has 1 aromatic carbocycles. The van der Waals surface area contributed by atoms with Crippen LogP contribution in [0, 0.1) is 0 Å². The summed E-state index contributed by atoms with van der Waals surface area (Å²) in [5.74, 6) is -0.164. The Morgan fingerprint density at radius 3 is 2.56 bits per heavy atom. The van der Waals surface area contributed by atoms with Crippen molar-refractivity contribution >= 4 is 44.1 Å². The van der Waals surface area contributed by atoms with Crippen LogP contribution < -0.4 is 27.2 Å². The molecule has 18 heavy (non-hydrogen) atoms. The van der Waals surface area contributed by atoms with Crippen LogP contribution in [0.4, 0.5) is 5.69 Å². The normalized spacial score (nSPS) is 11.4. The average Bonchev–Trinajstić information content (AvgIpc) is 2.73. The standard InChI is InChI=1S/C10H8ClN3OS2.ClH/c1-7(15)12-14(8-5-3-2-4-6-8)10-9(11)13-17-16-10;/h2-6H,1H3;1H. The number of amides is 1. The summed E-state index contributed by atoms with van der Waals surface area (Å²) in [6.45, 7) is 1.45. The van der Waals surface area contributed by atoms with Crippen LogP contribution in [-0.4, -0.2) is 10.3 Å². The summed E-state index contributed by atoms with van der Waals surface area (Å²) >= 11 is 5.98. The van der Waals surface area contributed by atoms with Gasteiger partial charge in [0.05, 0.1) is 0 Å². The largest absolute Gasteiger partial charge is 1.00 e. The van der Waals surface area contributed by atoms with Gasteiger partial charge in [0.15, 0.2) is 0 Å². The van der Waals surface area contributed by atoms with E-state index < -0.39 is 0 Å². The highest BCUT2D eigenvalue weighted by atomic mass is 35.5.